The molecule has 0 unspecified atom stereocenters. The Hall–Kier alpha value is -5.18. The maximum atomic E-state index is 12.2. The molecular weight excluding hydrogens is 624 g/mol. The van der Waals surface area contributed by atoms with Crippen molar-refractivity contribution in [3.8, 4) is 34.5 Å². The number of aromatic hydroxyl groups is 1. The van der Waals surface area contributed by atoms with Gasteiger partial charge in [-0.25, -0.2) is 0 Å². The van der Waals surface area contributed by atoms with Crippen LogP contribution in [0.4, 0.5) is 0 Å². The Morgan fingerprint density at radius 1 is 0.702 bits per heavy atom. The van der Waals surface area contributed by atoms with Gasteiger partial charge in [-0.15, -0.1) is 0 Å². The van der Waals surface area contributed by atoms with Gasteiger partial charge in [0.1, 0.15) is 12.7 Å². The summed E-state index contributed by atoms with van der Waals surface area (Å²) in [6, 6.07) is 6.46. The zero-order chi connectivity index (χ0) is 34.8. The van der Waals surface area contributed by atoms with Crippen molar-refractivity contribution in [1.82, 2.24) is 0 Å². The molecule has 15 heteroatoms. The monoisotopic (exact) mass is 662 g/mol. The first-order valence-electron chi connectivity index (χ1n) is 14.2. The summed E-state index contributed by atoms with van der Waals surface area (Å²) in [5.41, 5.74) is 0.915. The van der Waals surface area contributed by atoms with Crippen LogP contribution in [-0.4, -0.2) is 94.7 Å². The van der Waals surface area contributed by atoms with E-state index in [1.165, 1.54) is 34.5 Å². The summed E-state index contributed by atoms with van der Waals surface area (Å²) in [6.45, 7) is 4.00. The lowest BCUT2D eigenvalue weighted by molar-refractivity contribution is -0.288. The Morgan fingerprint density at radius 3 is 1.77 bits per heavy atom. The number of methoxy groups -OCH3 is 4. The molecular formula is C32H38O15. The van der Waals surface area contributed by atoms with E-state index in [1.54, 1.807) is 30.4 Å². The number of phenolic OH excluding ortho intramolecular Hbond substituents is 1. The second-order valence-electron chi connectivity index (χ2n) is 10.0. The van der Waals surface area contributed by atoms with E-state index in [0.717, 1.165) is 27.7 Å². The summed E-state index contributed by atoms with van der Waals surface area (Å²) < 4.78 is 55.2. The fraction of sp³-hybridized carbons (Fsp3) is 0.438. The summed E-state index contributed by atoms with van der Waals surface area (Å²) in [7, 11) is 5.77. The number of hydrogen-bond acceptors (Lipinski definition) is 15. The third-order valence-corrected chi connectivity index (χ3v) is 6.67. The summed E-state index contributed by atoms with van der Waals surface area (Å²) in [5.74, 6) is -2.51. The number of phenols is 1. The average molecular weight is 663 g/mol. The quantitative estimate of drug-likeness (QED) is 0.188. The number of ether oxygens (including phenoxy) is 10. The molecule has 0 aromatic heterocycles. The van der Waals surface area contributed by atoms with E-state index >= 15 is 0 Å². The largest absolute Gasteiger partial charge is 0.502 e. The number of esters is 4. The first-order chi connectivity index (χ1) is 22.3. The zero-order valence-corrected chi connectivity index (χ0v) is 27.2. The highest BCUT2D eigenvalue weighted by molar-refractivity contribution is 5.77. The third-order valence-electron chi connectivity index (χ3n) is 6.67. The molecule has 1 aliphatic heterocycles. The van der Waals surface area contributed by atoms with Crippen molar-refractivity contribution in [3.05, 3.63) is 35.4 Å². The van der Waals surface area contributed by atoms with E-state index in [9.17, 15) is 24.3 Å². The molecule has 0 aliphatic carbocycles. The maximum absolute atomic E-state index is 12.2. The molecule has 2 aromatic rings. The lowest BCUT2D eigenvalue weighted by Gasteiger charge is -2.44. The Balaban J connectivity index is 2.14. The smallest absolute Gasteiger partial charge is 0.303 e. The van der Waals surface area contributed by atoms with Crippen LogP contribution in [0.2, 0.25) is 0 Å². The molecule has 1 saturated heterocycles. The van der Waals surface area contributed by atoms with Crippen molar-refractivity contribution in [3.63, 3.8) is 0 Å². The molecule has 256 valence electrons. The lowest BCUT2D eigenvalue weighted by atomic mass is 9.98. The van der Waals surface area contributed by atoms with Crippen LogP contribution in [0.1, 0.15) is 38.8 Å². The van der Waals surface area contributed by atoms with Crippen LogP contribution in [0.3, 0.4) is 0 Å². The molecule has 0 bridgehead atoms. The van der Waals surface area contributed by atoms with Crippen molar-refractivity contribution in [1.29, 1.82) is 0 Å². The molecule has 0 amide bonds. The highest BCUT2D eigenvalue weighted by Gasteiger charge is 2.53. The number of carbonyl (C=O) groups excluding carboxylic acids is 4. The van der Waals surface area contributed by atoms with Gasteiger partial charge in [-0.1, -0.05) is 12.2 Å². The van der Waals surface area contributed by atoms with Gasteiger partial charge < -0.3 is 52.5 Å². The number of rotatable bonds is 13. The van der Waals surface area contributed by atoms with Gasteiger partial charge in [0.2, 0.25) is 23.9 Å². The summed E-state index contributed by atoms with van der Waals surface area (Å²) in [4.78, 5) is 48.2. The summed E-state index contributed by atoms with van der Waals surface area (Å²) in [6.07, 6.45) is -4.01. The van der Waals surface area contributed by atoms with Crippen molar-refractivity contribution in [2.75, 3.05) is 35.0 Å². The number of carbonyl (C=O) groups is 4. The van der Waals surface area contributed by atoms with Gasteiger partial charge in [-0.3, -0.25) is 19.2 Å². The average Bonchev–Trinajstić information content (AvgIpc) is 3.01. The van der Waals surface area contributed by atoms with Crippen LogP contribution >= 0.6 is 0 Å². The van der Waals surface area contributed by atoms with E-state index < -0.39 is 66.9 Å². The fourth-order valence-corrected chi connectivity index (χ4v) is 4.77. The van der Waals surface area contributed by atoms with Gasteiger partial charge >= 0.3 is 23.9 Å². The standard InChI is InChI=1S/C32H38O15/c1-16(33)42-15-25-29(43-17(2)34)30(44-18(3)35)31(45-19(4)36)32(46-25)47-27-21(11-12-22(38-5)26(27)37)10-9-20-13-23(39-6)28(41-8)24(14-20)40-7/h9-14,25,29-32,37H,15H2,1-8H3/b10-9-/t25-,29-,30+,31-,32+/m1/s1. The highest BCUT2D eigenvalue weighted by Crippen LogP contribution is 2.43. The lowest BCUT2D eigenvalue weighted by Crippen LogP contribution is -2.63. The highest BCUT2D eigenvalue weighted by atomic mass is 16.7. The second-order valence-corrected chi connectivity index (χ2v) is 10.0. The van der Waals surface area contributed by atoms with Gasteiger partial charge in [0.05, 0.1) is 28.4 Å². The van der Waals surface area contributed by atoms with E-state index in [0.29, 0.717) is 28.4 Å². The Labute approximate surface area is 271 Å². The van der Waals surface area contributed by atoms with Gasteiger partial charge in [-0.2, -0.15) is 0 Å². The van der Waals surface area contributed by atoms with Crippen molar-refractivity contribution < 1.29 is 71.7 Å². The van der Waals surface area contributed by atoms with Gasteiger partial charge in [0.25, 0.3) is 0 Å². The predicted molar refractivity (Wildman–Crippen MR) is 162 cm³/mol. The van der Waals surface area contributed by atoms with Crippen LogP contribution < -0.4 is 23.7 Å². The topological polar surface area (TPSA) is 181 Å². The van der Waals surface area contributed by atoms with Crippen molar-refractivity contribution in [2.24, 2.45) is 0 Å². The Kier molecular flexibility index (Phi) is 12.7. The molecule has 15 nitrogen and oxygen atoms in total. The van der Waals surface area contributed by atoms with E-state index in [4.69, 9.17) is 47.4 Å². The summed E-state index contributed by atoms with van der Waals surface area (Å²) >= 11 is 0. The molecule has 0 radical (unpaired) electrons. The minimum atomic E-state index is -1.61. The van der Waals surface area contributed by atoms with Crippen LogP contribution in [0.15, 0.2) is 24.3 Å². The van der Waals surface area contributed by atoms with Crippen LogP contribution in [0, 0.1) is 0 Å². The summed E-state index contributed by atoms with van der Waals surface area (Å²) in [5, 5.41) is 11.2. The van der Waals surface area contributed by atoms with Gasteiger partial charge in [-0.05, 0) is 29.8 Å². The van der Waals surface area contributed by atoms with Crippen molar-refractivity contribution in [2.45, 2.75) is 58.4 Å². The molecule has 5 atom stereocenters. The Morgan fingerprint density at radius 2 is 1.26 bits per heavy atom. The Bertz CT molecular complexity index is 1460. The zero-order valence-electron chi connectivity index (χ0n) is 27.2. The first kappa shape index (κ1) is 36.3. The minimum absolute atomic E-state index is 0.0237. The molecule has 3 rings (SSSR count). The van der Waals surface area contributed by atoms with Crippen molar-refractivity contribution >= 4 is 36.0 Å². The fourth-order valence-electron chi connectivity index (χ4n) is 4.77. The van der Waals surface area contributed by atoms with E-state index in [-0.39, 0.29) is 11.5 Å². The first-order valence-corrected chi connectivity index (χ1v) is 14.2. The normalized spacial score (nSPS) is 20.5. The molecule has 1 fully saturated rings. The SMILES string of the molecule is COc1ccc(/C=C\c2cc(OC)c(OC)c(OC)c2)c(O[C@@H]2O[C@H](COC(C)=O)[C@@H](OC(C)=O)[C@H](OC(C)=O)[C@H]2OC(C)=O)c1O. The van der Waals surface area contributed by atoms with Gasteiger partial charge in [0.15, 0.2) is 35.2 Å². The van der Waals surface area contributed by atoms with Crippen LogP contribution in [0.5, 0.6) is 34.5 Å². The maximum Gasteiger partial charge on any atom is 0.303 e. The predicted octanol–water partition coefficient (Wildman–Crippen LogP) is 3.06. The molecule has 1 aliphatic rings. The minimum Gasteiger partial charge on any atom is -0.502 e. The molecule has 0 saturated carbocycles. The molecule has 2 aromatic carbocycles. The second kappa shape index (κ2) is 16.4. The molecule has 1 heterocycles. The van der Waals surface area contributed by atoms with Crippen LogP contribution in [-0.2, 0) is 42.9 Å². The van der Waals surface area contributed by atoms with E-state index in [2.05, 4.69) is 0 Å². The van der Waals surface area contributed by atoms with Crippen LogP contribution in [0.25, 0.3) is 12.2 Å². The molecule has 47 heavy (non-hydrogen) atoms. The molecule has 0 spiro atoms. The molecule has 1 N–H and O–H groups in total. The number of hydrogen-bond donors (Lipinski definition) is 1. The van der Waals surface area contributed by atoms with Gasteiger partial charge in [0, 0.05) is 33.3 Å². The third kappa shape index (κ3) is 9.19. The number of benzene rings is 2. The van der Waals surface area contributed by atoms with E-state index in [1.807, 2.05) is 0 Å².